The van der Waals surface area contributed by atoms with E-state index in [-0.39, 0.29) is 11.3 Å². The number of rotatable bonds is 7. The highest BCUT2D eigenvalue weighted by atomic mass is 16.5. The van der Waals surface area contributed by atoms with E-state index >= 15 is 0 Å². The van der Waals surface area contributed by atoms with E-state index in [9.17, 15) is 14.7 Å². The van der Waals surface area contributed by atoms with Crippen LogP contribution < -0.4 is 4.74 Å². The number of benzene rings is 2. The van der Waals surface area contributed by atoms with Crippen molar-refractivity contribution in [1.82, 2.24) is 4.90 Å². The van der Waals surface area contributed by atoms with Crippen molar-refractivity contribution in [3.05, 3.63) is 71.3 Å². The monoisotopic (exact) mass is 381 g/mol. The zero-order valence-corrected chi connectivity index (χ0v) is 15.9. The van der Waals surface area contributed by atoms with Crippen LogP contribution in [0.4, 0.5) is 0 Å². The average molecular weight is 381 g/mol. The third-order valence-corrected chi connectivity index (χ3v) is 4.74. The smallest absolute Gasteiger partial charge is 0.295 e. The molecule has 1 atom stereocenters. The van der Waals surface area contributed by atoms with Crippen molar-refractivity contribution in [2.24, 2.45) is 0 Å². The molecule has 146 valence electrons. The number of Topliss-reactive ketones (excluding diaryl/α,β-unsaturated/α-hetero) is 1. The minimum Gasteiger partial charge on any atom is -0.507 e. The molecule has 1 aliphatic rings. The second kappa shape index (κ2) is 8.71. The molecule has 1 unspecified atom stereocenters. The molecule has 1 aliphatic heterocycles. The van der Waals surface area contributed by atoms with E-state index in [1.54, 1.807) is 56.7 Å². The van der Waals surface area contributed by atoms with Gasteiger partial charge in [-0.25, -0.2) is 0 Å². The van der Waals surface area contributed by atoms with Gasteiger partial charge in [-0.3, -0.25) is 9.59 Å². The van der Waals surface area contributed by atoms with Crippen molar-refractivity contribution in [2.75, 3.05) is 27.4 Å². The molecule has 0 spiro atoms. The van der Waals surface area contributed by atoms with Crippen molar-refractivity contribution in [3.63, 3.8) is 0 Å². The van der Waals surface area contributed by atoms with Gasteiger partial charge in [-0.15, -0.1) is 0 Å². The highest BCUT2D eigenvalue weighted by Crippen LogP contribution is 2.40. The lowest BCUT2D eigenvalue weighted by Gasteiger charge is -2.25. The van der Waals surface area contributed by atoms with Crippen molar-refractivity contribution in [2.45, 2.75) is 12.5 Å². The van der Waals surface area contributed by atoms with Crippen molar-refractivity contribution >= 4 is 17.4 Å². The number of ketones is 1. The number of carbonyl (C=O) groups is 2. The molecule has 1 amide bonds. The fraction of sp³-hybridized carbons (Fsp3) is 0.273. The summed E-state index contributed by atoms with van der Waals surface area (Å²) >= 11 is 0. The Balaban J connectivity index is 2.12. The van der Waals surface area contributed by atoms with Crippen LogP contribution in [0.15, 0.2) is 60.2 Å². The Kier molecular flexibility index (Phi) is 6.11. The van der Waals surface area contributed by atoms with Gasteiger partial charge < -0.3 is 19.5 Å². The lowest BCUT2D eigenvalue weighted by Crippen LogP contribution is -2.31. The number of ether oxygens (including phenoxy) is 2. The van der Waals surface area contributed by atoms with Gasteiger partial charge in [-0.2, -0.15) is 0 Å². The molecule has 0 aliphatic carbocycles. The van der Waals surface area contributed by atoms with Gasteiger partial charge in [0.1, 0.15) is 11.5 Å². The number of hydrogen-bond donors (Lipinski definition) is 1. The van der Waals surface area contributed by atoms with E-state index in [1.165, 1.54) is 4.90 Å². The minimum absolute atomic E-state index is 0.0851. The Hall–Kier alpha value is -3.12. The van der Waals surface area contributed by atoms with Crippen LogP contribution in [0.5, 0.6) is 5.75 Å². The number of carbonyl (C=O) groups excluding carboxylic acids is 2. The van der Waals surface area contributed by atoms with Crippen molar-refractivity contribution < 1.29 is 24.2 Å². The molecule has 3 rings (SSSR count). The molecular weight excluding hydrogens is 358 g/mol. The standard InChI is InChI=1S/C22H23NO5/c1-27-13-7-12-23-19(16-10-6-11-17(14-16)28-2)18(21(25)22(23)26)20(24)15-8-4-3-5-9-15/h3-6,8-11,14,19,24H,7,12-13H2,1-2H3/b20-18+. The molecule has 2 aromatic carbocycles. The first-order valence-electron chi connectivity index (χ1n) is 9.05. The van der Waals surface area contributed by atoms with E-state index in [4.69, 9.17) is 9.47 Å². The third-order valence-electron chi connectivity index (χ3n) is 4.74. The number of hydrogen-bond acceptors (Lipinski definition) is 5. The molecule has 0 bridgehead atoms. The lowest BCUT2D eigenvalue weighted by molar-refractivity contribution is -0.140. The first kappa shape index (κ1) is 19.6. The zero-order valence-electron chi connectivity index (χ0n) is 15.9. The summed E-state index contributed by atoms with van der Waals surface area (Å²) in [6, 6.07) is 15.3. The van der Waals surface area contributed by atoms with Gasteiger partial charge in [0.05, 0.1) is 18.7 Å². The van der Waals surface area contributed by atoms with Crippen molar-refractivity contribution in [3.8, 4) is 5.75 Å². The molecular formula is C22H23NO5. The van der Waals surface area contributed by atoms with Crippen LogP contribution in [0, 0.1) is 0 Å². The number of aliphatic hydroxyl groups is 1. The van der Waals surface area contributed by atoms with Crippen LogP contribution in [-0.2, 0) is 14.3 Å². The van der Waals surface area contributed by atoms with E-state index in [0.717, 1.165) is 0 Å². The maximum absolute atomic E-state index is 12.8. The number of aliphatic hydroxyl groups excluding tert-OH is 1. The first-order chi connectivity index (χ1) is 13.6. The third kappa shape index (κ3) is 3.77. The number of methoxy groups -OCH3 is 2. The molecule has 0 saturated carbocycles. The molecule has 1 fully saturated rings. The second-order valence-electron chi connectivity index (χ2n) is 6.48. The SMILES string of the molecule is COCCCN1C(=O)C(=O)/C(=C(/O)c2ccccc2)C1c1cccc(OC)c1. The quantitative estimate of drug-likeness (QED) is 0.345. The number of likely N-dealkylation sites (tertiary alicyclic amines) is 1. The lowest BCUT2D eigenvalue weighted by atomic mass is 9.95. The summed E-state index contributed by atoms with van der Waals surface area (Å²) in [5.74, 6) is -0.881. The van der Waals surface area contributed by atoms with Gasteiger partial charge >= 0.3 is 0 Å². The number of amides is 1. The fourth-order valence-corrected chi connectivity index (χ4v) is 3.40. The average Bonchev–Trinajstić information content (AvgIpc) is 2.99. The Bertz CT molecular complexity index is 891. The molecule has 0 aromatic heterocycles. The molecule has 1 N–H and O–H groups in total. The Labute approximate surface area is 164 Å². The summed E-state index contributed by atoms with van der Waals surface area (Å²) < 4.78 is 10.4. The van der Waals surface area contributed by atoms with Gasteiger partial charge in [0, 0.05) is 25.8 Å². The van der Waals surface area contributed by atoms with Crippen LogP contribution in [0.3, 0.4) is 0 Å². The maximum Gasteiger partial charge on any atom is 0.295 e. The Morgan fingerprint density at radius 1 is 1.07 bits per heavy atom. The summed E-state index contributed by atoms with van der Waals surface area (Å²) in [4.78, 5) is 27.1. The molecule has 0 radical (unpaired) electrons. The molecule has 2 aromatic rings. The first-order valence-corrected chi connectivity index (χ1v) is 9.05. The molecule has 1 heterocycles. The van der Waals surface area contributed by atoms with Gasteiger partial charge in [0.2, 0.25) is 0 Å². The largest absolute Gasteiger partial charge is 0.507 e. The molecule has 1 saturated heterocycles. The fourth-order valence-electron chi connectivity index (χ4n) is 3.40. The Morgan fingerprint density at radius 3 is 2.50 bits per heavy atom. The second-order valence-corrected chi connectivity index (χ2v) is 6.48. The Morgan fingerprint density at radius 2 is 1.82 bits per heavy atom. The summed E-state index contributed by atoms with van der Waals surface area (Å²) in [5, 5.41) is 10.9. The van der Waals surface area contributed by atoms with Crippen molar-refractivity contribution in [1.29, 1.82) is 0 Å². The summed E-state index contributed by atoms with van der Waals surface area (Å²) in [6.45, 7) is 0.804. The predicted octanol–water partition coefficient (Wildman–Crippen LogP) is 3.15. The van der Waals surface area contributed by atoms with E-state index in [1.807, 2.05) is 12.1 Å². The van der Waals surface area contributed by atoms with Gasteiger partial charge in [0.15, 0.2) is 0 Å². The van der Waals surface area contributed by atoms with E-state index in [2.05, 4.69) is 0 Å². The predicted molar refractivity (Wildman–Crippen MR) is 105 cm³/mol. The van der Waals surface area contributed by atoms with E-state index < -0.39 is 17.7 Å². The van der Waals surface area contributed by atoms with Crippen LogP contribution in [0.1, 0.15) is 23.6 Å². The normalized spacial score (nSPS) is 18.5. The summed E-state index contributed by atoms with van der Waals surface area (Å²) in [7, 11) is 3.14. The van der Waals surface area contributed by atoms with Crippen LogP contribution in [0.2, 0.25) is 0 Å². The molecule has 28 heavy (non-hydrogen) atoms. The van der Waals surface area contributed by atoms with Crippen LogP contribution in [0.25, 0.3) is 5.76 Å². The highest BCUT2D eigenvalue weighted by Gasteiger charge is 2.45. The van der Waals surface area contributed by atoms with Crippen LogP contribution in [-0.4, -0.2) is 49.1 Å². The highest BCUT2D eigenvalue weighted by molar-refractivity contribution is 6.46. The zero-order chi connectivity index (χ0) is 20.1. The van der Waals surface area contributed by atoms with Gasteiger partial charge in [-0.05, 0) is 24.1 Å². The molecule has 6 heteroatoms. The summed E-state index contributed by atoms with van der Waals surface area (Å²) in [6.07, 6.45) is 0.579. The maximum atomic E-state index is 12.8. The summed E-state index contributed by atoms with van der Waals surface area (Å²) in [5.41, 5.74) is 1.28. The van der Waals surface area contributed by atoms with Gasteiger partial charge in [-0.1, -0.05) is 42.5 Å². The topological polar surface area (TPSA) is 76.1 Å². The minimum atomic E-state index is -0.688. The van der Waals surface area contributed by atoms with Gasteiger partial charge in [0.25, 0.3) is 11.7 Å². The number of nitrogens with zero attached hydrogens (tertiary/aromatic N) is 1. The molecule has 6 nitrogen and oxygen atoms in total. The van der Waals surface area contributed by atoms with E-state index in [0.29, 0.717) is 36.4 Å². The van der Waals surface area contributed by atoms with Crippen LogP contribution >= 0.6 is 0 Å².